The Labute approximate surface area is 168 Å². The predicted molar refractivity (Wildman–Crippen MR) is 109 cm³/mol. The lowest BCUT2D eigenvalue weighted by Crippen LogP contribution is -2.35. The number of benzene rings is 1. The number of carbonyl (C=O) groups is 2. The first-order valence-electron chi connectivity index (χ1n) is 9.44. The van der Waals surface area contributed by atoms with Crippen molar-refractivity contribution in [3.05, 3.63) is 57.8 Å². The molecule has 1 fully saturated rings. The maximum Gasteiger partial charge on any atom is 0.353 e. The third kappa shape index (κ3) is 5.54. The molecule has 1 aliphatic rings. The molecule has 0 aliphatic heterocycles. The van der Waals surface area contributed by atoms with Crippen molar-refractivity contribution in [1.29, 1.82) is 5.26 Å². The van der Waals surface area contributed by atoms with Gasteiger partial charge in [0, 0.05) is 6.04 Å². The molecule has 1 aliphatic carbocycles. The van der Waals surface area contributed by atoms with Gasteiger partial charge < -0.3 is 10.1 Å². The summed E-state index contributed by atoms with van der Waals surface area (Å²) >= 11 is 1.31. The van der Waals surface area contributed by atoms with Crippen LogP contribution in [0, 0.1) is 11.3 Å². The van der Waals surface area contributed by atoms with Crippen molar-refractivity contribution in [3.63, 3.8) is 0 Å². The molecule has 1 aromatic heterocycles. The van der Waals surface area contributed by atoms with E-state index in [1.165, 1.54) is 30.3 Å². The zero-order valence-corrected chi connectivity index (χ0v) is 16.3. The van der Waals surface area contributed by atoms with Gasteiger partial charge in [0.05, 0.1) is 0 Å². The van der Waals surface area contributed by atoms with Crippen molar-refractivity contribution in [2.75, 3.05) is 0 Å². The van der Waals surface area contributed by atoms with Crippen LogP contribution < -0.4 is 10.1 Å². The van der Waals surface area contributed by atoms with Crippen molar-refractivity contribution >= 4 is 29.3 Å². The second kappa shape index (κ2) is 9.86. The van der Waals surface area contributed by atoms with E-state index < -0.39 is 5.97 Å². The maximum atomic E-state index is 12.5. The van der Waals surface area contributed by atoms with Crippen LogP contribution in [0.15, 0.2) is 47.4 Å². The molecule has 144 valence electrons. The van der Waals surface area contributed by atoms with Crippen molar-refractivity contribution < 1.29 is 14.3 Å². The Hall–Kier alpha value is -2.91. The zero-order valence-electron chi connectivity index (χ0n) is 15.5. The van der Waals surface area contributed by atoms with Gasteiger partial charge in [0.15, 0.2) is 0 Å². The predicted octanol–water partition coefficient (Wildman–Crippen LogP) is 4.71. The lowest BCUT2D eigenvalue weighted by molar-refractivity contribution is -0.117. The van der Waals surface area contributed by atoms with E-state index in [9.17, 15) is 14.9 Å². The fourth-order valence-corrected chi connectivity index (χ4v) is 3.82. The summed E-state index contributed by atoms with van der Waals surface area (Å²) in [6.07, 6.45) is 8.04. The first-order valence-corrected chi connectivity index (χ1v) is 10.3. The van der Waals surface area contributed by atoms with Gasteiger partial charge in [-0.05, 0) is 48.1 Å². The third-order valence-corrected chi connectivity index (χ3v) is 5.51. The summed E-state index contributed by atoms with van der Waals surface area (Å²) in [5, 5.41) is 14.2. The number of hydrogen-bond acceptors (Lipinski definition) is 5. The number of carbonyl (C=O) groups excluding carboxylic acids is 2. The van der Waals surface area contributed by atoms with Crippen LogP contribution in [0.25, 0.3) is 6.08 Å². The lowest BCUT2D eigenvalue weighted by Gasteiger charge is -2.15. The first kappa shape index (κ1) is 19.8. The minimum absolute atomic E-state index is 0.0472. The number of nitrogens with zero attached hydrogens (tertiary/aromatic N) is 1. The summed E-state index contributed by atoms with van der Waals surface area (Å²) in [4.78, 5) is 25.1. The average Bonchev–Trinajstić information content (AvgIpc) is 3.12. The molecular weight excluding hydrogens is 372 g/mol. The highest BCUT2D eigenvalue weighted by Gasteiger charge is 2.17. The van der Waals surface area contributed by atoms with Gasteiger partial charge in [0.2, 0.25) is 0 Å². The number of hydrogen-bond donors (Lipinski definition) is 1. The molecule has 0 unspecified atom stereocenters. The Morgan fingerprint density at radius 1 is 1.14 bits per heavy atom. The molecule has 1 N–H and O–H groups in total. The lowest BCUT2D eigenvalue weighted by atomic mass is 10.1. The Morgan fingerprint density at radius 2 is 1.93 bits per heavy atom. The van der Waals surface area contributed by atoms with Crippen molar-refractivity contribution in [2.24, 2.45) is 0 Å². The Kier molecular flexibility index (Phi) is 6.99. The number of ether oxygens (including phenoxy) is 1. The Bertz CT molecular complexity index is 889. The minimum atomic E-state index is -0.428. The van der Waals surface area contributed by atoms with Crippen LogP contribution in [-0.4, -0.2) is 17.9 Å². The SMILES string of the molecule is N#C/C(=C\c1cccc(OC(=O)c2cccs2)c1)C(=O)NC1CCCCCC1. The minimum Gasteiger partial charge on any atom is -0.422 e. The zero-order chi connectivity index (χ0) is 19.8. The van der Waals surface area contributed by atoms with Gasteiger partial charge in [-0.3, -0.25) is 4.79 Å². The van der Waals surface area contributed by atoms with Gasteiger partial charge in [-0.2, -0.15) is 5.26 Å². The number of nitrogens with one attached hydrogen (secondary N) is 1. The van der Waals surface area contributed by atoms with E-state index in [1.54, 1.807) is 36.4 Å². The van der Waals surface area contributed by atoms with Crippen LogP contribution in [0.4, 0.5) is 0 Å². The fourth-order valence-electron chi connectivity index (χ4n) is 3.22. The van der Waals surface area contributed by atoms with Crippen LogP contribution in [0.3, 0.4) is 0 Å². The summed E-state index contributed by atoms with van der Waals surface area (Å²) in [6.45, 7) is 0. The molecule has 1 saturated carbocycles. The molecular formula is C22H22N2O3S. The molecule has 0 radical (unpaired) electrons. The highest BCUT2D eigenvalue weighted by molar-refractivity contribution is 7.12. The standard InChI is InChI=1S/C22H22N2O3S/c23-15-17(21(25)24-18-8-3-1-2-4-9-18)13-16-7-5-10-19(14-16)27-22(26)20-11-6-12-28-20/h5-7,10-14,18H,1-4,8-9H2,(H,24,25)/b17-13+. The molecule has 1 amide bonds. The number of amides is 1. The van der Waals surface area contributed by atoms with Gasteiger partial charge >= 0.3 is 5.97 Å². The molecule has 3 rings (SSSR count). The maximum absolute atomic E-state index is 12.5. The van der Waals surface area contributed by atoms with E-state index in [2.05, 4.69) is 5.32 Å². The van der Waals surface area contributed by atoms with E-state index >= 15 is 0 Å². The number of rotatable bonds is 5. The van der Waals surface area contributed by atoms with Crippen LogP contribution in [-0.2, 0) is 4.79 Å². The molecule has 0 saturated heterocycles. The van der Waals surface area contributed by atoms with E-state index in [0.717, 1.165) is 25.7 Å². The third-order valence-electron chi connectivity index (χ3n) is 4.66. The van der Waals surface area contributed by atoms with E-state index in [1.807, 2.05) is 11.4 Å². The number of nitriles is 1. The summed E-state index contributed by atoms with van der Waals surface area (Å²) in [5.74, 6) is -0.410. The largest absolute Gasteiger partial charge is 0.422 e. The Morgan fingerprint density at radius 3 is 2.61 bits per heavy atom. The van der Waals surface area contributed by atoms with Gasteiger partial charge in [-0.25, -0.2) is 4.79 Å². The van der Waals surface area contributed by atoms with Crippen molar-refractivity contribution in [2.45, 2.75) is 44.6 Å². The summed E-state index contributed by atoms with van der Waals surface area (Å²) < 4.78 is 5.37. The number of thiophene rings is 1. The molecule has 0 atom stereocenters. The van der Waals surface area contributed by atoms with Crippen LogP contribution >= 0.6 is 11.3 Å². The molecule has 1 heterocycles. The van der Waals surface area contributed by atoms with E-state index in [-0.39, 0.29) is 17.5 Å². The normalized spacial score (nSPS) is 15.3. The second-order valence-corrected chi connectivity index (χ2v) is 7.72. The molecule has 0 spiro atoms. The van der Waals surface area contributed by atoms with Gasteiger partial charge in [-0.1, -0.05) is 43.9 Å². The van der Waals surface area contributed by atoms with Crippen LogP contribution in [0.5, 0.6) is 5.75 Å². The van der Waals surface area contributed by atoms with Crippen LogP contribution in [0.2, 0.25) is 0 Å². The monoisotopic (exact) mass is 394 g/mol. The molecule has 28 heavy (non-hydrogen) atoms. The van der Waals surface area contributed by atoms with Gasteiger partial charge in [0.25, 0.3) is 5.91 Å². The highest BCUT2D eigenvalue weighted by Crippen LogP contribution is 2.20. The highest BCUT2D eigenvalue weighted by atomic mass is 32.1. The summed E-state index contributed by atoms with van der Waals surface area (Å²) in [5.41, 5.74) is 0.676. The quantitative estimate of drug-likeness (QED) is 0.262. The van der Waals surface area contributed by atoms with E-state index in [4.69, 9.17) is 4.74 Å². The van der Waals surface area contributed by atoms with Gasteiger partial charge in [0.1, 0.15) is 22.3 Å². The topological polar surface area (TPSA) is 79.2 Å². The molecule has 6 heteroatoms. The smallest absolute Gasteiger partial charge is 0.353 e. The Balaban J connectivity index is 1.68. The second-order valence-electron chi connectivity index (χ2n) is 6.77. The van der Waals surface area contributed by atoms with Crippen molar-refractivity contribution in [3.8, 4) is 11.8 Å². The molecule has 1 aromatic carbocycles. The fraction of sp³-hybridized carbons (Fsp3) is 0.318. The first-order chi connectivity index (χ1) is 13.7. The number of esters is 1. The summed E-state index contributed by atoms with van der Waals surface area (Å²) in [7, 11) is 0. The van der Waals surface area contributed by atoms with Gasteiger partial charge in [-0.15, -0.1) is 11.3 Å². The summed E-state index contributed by atoms with van der Waals surface area (Å²) in [6, 6.07) is 12.4. The van der Waals surface area contributed by atoms with Crippen molar-refractivity contribution in [1.82, 2.24) is 5.32 Å². The molecule has 5 nitrogen and oxygen atoms in total. The van der Waals surface area contributed by atoms with E-state index in [0.29, 0.717) is 16.2 Å². The average molecular weight is 394 g/mol. The molecule has 0 bridgehead atoms. The van der Waals surface area contributed by atoms with Crippen LogP contribution in [0.1, 0.15) is 53.8 Å². The molecule has 2 aromatic rings.